The second kappa shape index (κ2) is 6.64. The smallest absolute Gasteiger partial charge is 0.266 e. The molecule has 0 aliphatic carbocycles. The molecule has 4 heterocycles. The minimum atomic E-state index is -0.128. The minimum absolute atomic E-state index is 0.128. The fourth-order valence-electron chi connectivity index (χ4n) is 3.20. The standard InChI is InChI=1S/C18H18N8O/c1-12-5-13(2)26(22-12)16-3-4-18(27)25(23-16)11-14-9-24(10-14)17-8-20-15(6-19)7-21-17/h3-5,7-8,14H,9-11H2,1-2H3. The van der Waals surface area contributed by atoms with Crippen LogP contribution in [-0.2, 0) is 6.54 Å². The summed E-state index contributed by atoms with van der Waals surface area (Å²) in [6.07, 6.45) is 3.06. The average Bonchev–Trinajstić information content (AvgIpc) is 2.97. The zero-order chi connectivity index (χ0) is 19.0. The largest absolute Gasteiger partial charge is 0.355 e. The third kappa shape index (κ3) is 3.29. The van der Waals surface area contributed by atoms with Crippen LogP contribution in [-0.4, -0.2) is 42.6 Å². The summed E-state index contributed by atoms with van der Waals surface area (Å²) in [7, 11) is 0. The van der Waals surface area contributed by atoms with Gasteiger partial charge in [0.2, 0.25) is 0 Å². The van der Waals surface area contributed by atoms with E-state index in [2.05, 4.69) is 25.1 Å². The lowest BCUT2D eigenvalue weighted by molar-refractivity contribution is 0.332. The highest BCUT2D eigenvalue weighted by Crippen LogP contribution is 2.22. The molecule has 0 aromatic carbocycles. The topological polar surface area (TPSA) is 106 Å². The molecule has 1 saturated heterocycles. The van der Waals surface area contributed by atoms with Crippen LogP contribution in [0.15, 0.2) is 35.4 Å². The minimum Gasteiger partial charge on any atom is -0.355 e. The molecule has 0 N–H and O–H groups in total. The first-order valence-electron chi connectivity index (χ1n) is 8.62. The van der Waals surface area contributed by atoms with E-state index in [1.54, 1.807) is 16.9 Å². The van der Waals surface area contributed by atoms with E-state index in [9.17, 15) is 4.79 Å². The van der Waals surface area contributed by atoms with Crippen molar-refractivity contribution in [1.29, 1.82) is 5.26 Å². The van der Waals surface area contributed by atoms with Crippen LogP contribution in [0.5, 0.6) is 0 Å². The highest BCUT2D eigenvalue weighted by molar-refractivity contribution is 5.40. The molecule has 0 bridgehead atoms. The molecule has 0 radical (unpaired) electrons. The van der Waals surface area contributed by atoms with E-state index in [-0.39, 0.29) is 5.56 Å². The Morgan fingerprint density at radius 1 is 1.15 bits per heavy atom. The van der Waals surface area contributed by atoms with Crippen LogP contribution >= 0.6 is 0 Å². The highest BCUT2D eigenvalue weighted by atomic mass is 16.1. The molecule has 3 aromatic heterocycles. The van der Waals surface area contributed by atoms with Crippen molar-refractivity contribution in [3.63, 3.8) is 0 Å². The van der Waals surface area contributed by atoms with Gasteiger partial charge in [-0.15, -0.1) is 5.10 Å². The lowest BCUT2D eigenvalue weighted by Gasteiger charge is -2.39. The predicted octanol–water partition coefficient (Wildman–Crippen LogP) is 0.844. The average molecular weight is 362 g/mol. The number of anilines is 1. The fraction of sp³-hybridized carbons (Fsp3) is 0.333. The number of aromatic nitrogens is 6. The SMILES string of the molecule is Cc1cc(C)n(-c2ccc(=O)n(CC3CN(c4cnc(C#N)cn4)C3)n2)n1. The quantitative estimate of drug-likeness (QED) is 0.677. The van der Waals surface area contributed by atoms with Gasteiger partial charge in [0.15, 0.2) is 11.5 Å². The molecule has 136 valence electrons. The zero-order valence-corrected chi connectivity index (χ0v) is 15.1. The van der Waals surface area contributed by atoms with Crippen molar-refractivity contribution in [2.75, 3.05) is 18.0 Å². The molecule has 4 rings (SSSR count). The van der Waals surface area contributed by atoms with E-state index in [1.807, 2.05) is 26.0 Å². The molecule has 1 aliphatic rings. The van der Waals surface area contributed by atoms with E-state index in [0.29, 0.717) is 24.0 Å². The zero-order valence-electron chi connectivity index (χ0n) is 15.1. The number of hydrogen-bond donors (Lipinski definition) is 0. The number of aryl methyl sites for hydroxylation is 2. The van der Waals surface area contributed by atoms with Crippen molar-refractivity contribution in [3.05, 3.63) is 58.0 Å². The maximum Gasteiger partial charge on any atom is 0.266 e. The van der Waals surface area contributed by atoms with Gasteiger partial charge in [-0.3, -0.25) is 4.79 Å². The molecule has 0 amide bonds. The van der Waals surface area contributed by atoms with Crippen LogP contribution in [0.3, 0.4) is 0 Å². The van der Waals surface area contributed by atoms with Crippen LogP contribution in [0.1, 0.15) is 17.1 Å². The summed E-state index contributed by atoms with van der Waals surface area (Å²) in [6, 6.07) is 7.15. The van der Waals surface area contributed by atoms with Crippen molar-refractivity contribution in [2.24, 2.45) is 5.92 Å². The first-order valence-corrected chi connectivity index (χ1v) is 8.62. The van der Waals surface area contributed by atoms with Crippen LogP contribution in [0.2, 0.25) is 0 Å². The third-order valence-corrected chi connectivity index (χ3v) is 4.54. The molecule has 0 unspecified atom stereocenters. The lowest BCUT2D eigenvalue weighted by Crippen LogP contribution is -2.50. The Balaban J connectivity index is 1.46. The Labute approximate surface area is 155 Å². The number of hydrogen-bond acceptors (Lipinski definition) is 7. The molecule has 0 atom stereocenters. The van der Waals surface area contributed by atoms with Crippen molar-refractivity contribution >= 4 is 5.82 Å². The second-order valence-corrected chi connectivity index (χ2v) is 6.69. The van der Waals surface area contributed by atoms with Gasteiger partial charge >= 0.3 is 0 Å². The normalized spacial score (nSPS) is 14.0. The van der Waals surface area contributed by atoms with Gasteiger partial charge in [-0.1, -0.05) is 0 Å². The van der Waals surface area contributed by atoms with E-state index >= 15 is 0 Å². The Hall–Kier alpha value is -3.54. The Morgan fingerprint density at radius 3 is 2.59 bits per heavy atom. The lowest BCUT2D eigenvalue weighted by atomic mass is 10.0. The van der Waals surface area contributed by atoms with Gasteiger partial charge in [-0.05, 0) is 26.0 Å². The summed E-state index contributed by atoms with van der Waals surface area (Å²) < 4.78 is 3.24. The summed E-state index contributed by atoms with van der Waals surface area (Å²) in [5.41, 5.74) is 2.05. The van der Waals surface area contributed by atoms with Crippen LogP contribution < -0.4 is 10.5 Å². The van der Waals surface area contributed by atoms with Gasteiger partial charge in [0.05, 0.1) is 24.6 Å². The van der Waals surface area contributed by atoms with E-state index in [1.165, 1.54) is 16.9 Å². The Kier molecular flexibility index (Phi) is 4.16. The molecule has 9 nitrogen and oxygen atoms in total. The van der Waals surface area contributed by atoms with E-state index < -0.39 is 0 Å². The molecular weight excluding hydrogens is 344 g/mol. The maximum atomic E-state index is 12.2. The monoisotopic (exact) mass is 362 g/mol. The van der Waals surface area contributed by atoms with Crippen LogP contribution in [0, 0.1) is 31.1 Å². The third-order valence-electron chi connectivity index (χ3n) is 4.54. The van der Waals surface area contributed by atoms with Gasteiger partial charge < -0.3 is 4.90 Å². The number of rotatable bonds is 4. The molecule has 3 aromatic rings. The van der Waals surface area contributed by atoms with Crippen molar-refractivity contribution in [2.45, 2.75) is 20.4 Å². The number of nitriles is 1. The maximum absolute atomic E-state index is 12.2. The number of nitrogens with zero attached hydrogens (tertiary/aromatic N) is 8. The van der Waals surface area contributed by atoms with Crippen molar-refractivity contribution in [1.82, 2.24) is 29.5 Å². The Morgan fingerprint density at radius 2 is 1.96 bits per heavy atom. The summed E-state index contributed by atoms with van der Waals surface area (Å²) in [5, 5.41) is 17.7. The van der Waals surface area contributed by atoms with Crippen LogP contribution in [0.25, 0.3) is 5.82 Å². The van der Waals surface area contributed by atoms with E-state index in [0.717, 1.165) is 30.3 Å². The molecule has 1 aliphatic heterocycles. The summed E-state index contributed by atoms with van der Waals surface area (Å²) in [5.74, 6) is 1.67. The summed E-state index contributed by atoms with van der Waals surface area (Å²) >= 11 is 0. The summed E-state index contributed by atoms with van der Waals surface area (Å²) in [6.45, 7) is 5.94. The first kappa shape index (κ1) is 16.9. The van der Waals surface area contributed by atoms with Crippen LogP contribution in [0.4, 0.5) is 5.82 Å². The van der Waals surface area contributed by atoms with Gasteiger partial charge in [0.25, 0.3) is 5.56 Å². The first-order chi connectivity index (χ1) is 13.0. The second-order valence-electron chi connectivity index (χ2n) is 6.69. The fourth-order valence-corrected chi connectivity index (χ4v) is 3.20. The van der Waals surface area contributed by atoms with Gasteiger partial charge in [0.1, 0.15) is 11.9 Å². The van der Waals surface area contributed by atoms with Gasteiger partial charge in [-0.2, -0.15) is 10.4 Å². The van der Waals surface area contributed by atoms with Crippen molar-refractivity contribution < 1.29 is 0 Å². The molecule has 9 heteroatoms. The van der Waals surface area contributed by atoms with E-state index in [4.69, 9.17) is 5.26 Å². The highest BCUT2D eigenvalue weighted by Gasteiger charge is 2.29. The predicted molar refractivity (Wildman–Crippen MR) is 97.5 cm³/mol. The molecule has 0 saturated carbocycles. The van der Waals surface area contributed by atoms with Gasteiger partial charge in [-0.25, -0.2) is 19.3 Å². The molecular formula is C18H18N8O. The summed E-state index contributed by atoms with van der Waals surface area (Å²) in [4.78, 5) is 22.5. The molecule has 1 fully saturated rings. The Bertz CT molecular complexity index is 1070. The van der Waals surface area contributed by atoms with Crippen molar-refractivity contribution in [3.8, 4) is 11.9 Å². The van der Waals surface area contributed by atoms with Gasteiger partial charge in [0, 0.05) is 30.8 Å². The molecule has 27 heavy (non-hydrogen) atoms. The molecule has 0 spiro atoms.